The van der Waals surface area contributed by atoms with E-state index in [9.17, 15) is 4.79 Å². The molecule has 88 valence electrons. The molecule has 0 heterocycles. The highest BCUT2D eigenvalue weighted by Crippen LogP contribution is 2.25. The third-order valence-corrected chi connectivity index (χ3v) is 2.04. The summed E-state index contributed by atoms with van der Waals surface area (Å²) in [6.45, 7) is 0.452. The van der Waals surface area contributed by atoms with Gasteiger partial charge in [-0.05, 0) is 18.6 Å². The van der Waals surface area contributed by atoms with Crippen molar-refractivity contribution in [2.45, 2.75) is 12.8 Å². The summed E-state index contributed by atoms with van der Waals surface area (Å²) in [4.78, 5) is 10.8. The Hall–Kier alpha value is -1.75. The number of amides is 1. The van der Waals surface area contributed by atoms with Gasteiger partial charge >= 0.3 is 0 Å². The lowest BCUT2D eigenvalue weighted by Gasteiger charge is -2.09. The minimum atomic E-state index is -0.191. The molecule has 1 aromatic carbocycles. The second-order valence-corrected chi connectivity index (χ2v) is 3.17. The lowest BCUT2D eigenvalue weighted by atomic mass is 10.3. The van der Waals surface area contributed by atoms with Crippen LogP contribution in [0.1, 0.15) is 12.8 Å². The van der Waals surface area contributed by atoms with Crippen LogP contribution in [0.3, 0.4) is 0 Å². The van der Waals surface area contributed by atoms with Crippen LogP contribution in [-0.2, 0) is 4.79 Å². The highest BCUT2D eigenvalue weighted by atomic mass is 16.5. The number of benzene rings is 1. The van der Waals surface area contributed by atoms with Crippen molar-refractivity contribution in [2.75, 3.05) is 13.7 Å². The van der Waals surface area contributed by atoms with Crippen LogP contribution in [0.4, 0.5) is 0 Å². The Morgan fingerprint density at radius 1 is 1.38 bits per heavy atom. The maximum absolute atomic E-state index is 10.8. The smallest absolute Gasteiger partial charge is 0.234 e. The van der Waals surface area contributed by atoms with Crippen molar-refractivity contribution in [1.29, 1.82) is 0 Å². The molecule has 5 heteroatoms. The van der Waals surface area contributed by atoms with Crippen molar-refractivity contribution in [2.24, 2.45) is 5.84 Å². The molecular formula is C11H16N2O3. The monoisotopic (exact) mass is 224 g/mol. The number of hydrazine groups is 1. The van der Waals surface area contributed by atoms with Gasteiger partial charge in [-0.3, -0.25) is 10.2 Å². The molecule has 0 aromatic heterocycles. The van der Waals surface area contributed by atoms with Crippen molar-refractivity contribution in [1.82, 2.24) is 5.43 Å². The first-order valence-electron chi connectivity index (χ1n) is 5.03. The van der Waals surface area contributed by atoms with E-state index in [1.807, 2.05) is 24.3 Å². The van der Waals surface area contributed by atoms with E-state index in [0.717, 1.165) is 0 Å². The van der Waals surface area contributed by atoms with Gasteiger partial charge in [0, 0.05) is 6.42 Å². The van der Waals surface area contributed by atoms with Gasteiger partial charge < -0.3 is 9.47 Å². The molecule has 0 atom stereocenters. The van der Waals surface area contributed by atoms with Crippen molar-refractivity contribution in [3.63, 3.8) is 0 Å². The van der Waals surface area contributed by atoms with Crippen LogP contribution in [-0.4, -0.2) is 19.6 Å². The molecule has 1 rings (SSSR count). The van der Waals surface area contributed by atoms with Crippen LogP contribution >= 0.6 is 0 Å². The van der Waals surface area contributed by atoms with E-state index in [0.29, 0.717) is 30.9 Å². The first kappa shape index (κ1) is 12.3. The van der Waals surface area contributed by atoms with Gasteiger partial charge in [-0.1, -0.05) is 12.1 Å². The minimum Gasteiger partial charge on any atom is -0.493 e. The van der Waals surface area contributed by atoms with E-state index in [1.165, 1.54) is 0 Å². The van der Waals surface area contributed by atoms with Crippen LogP contribution in [0.5, 0.6) is 11.5 Å². The third kappa shape index (κ3) is 3.78. The van der Waals surface area contributed by atoms with Gasteiger partial charge in [0.25, 0.3) is 0 Å². The molecule has 1 amide bonds. The molecule has 0 unspecified atom stereocenters. The average Bonchev–Trinajstić information content (AvgIpc) is 2.34. The van der Waals surface area contributed by atoms with E-state index in [1.54, 1.807) is 7.11 Å². The Morgan fingerprint density at radius 3 is 2.69 bits per heavy atom. The maximum atomic E-state index is 10.8. The van der Waals surface area contributed by atoms with Crippen molar-refractivity contribution in [3.05, 3.63) is 24.3 Å². The SMILES string of the molecule is COc1ccccc1OCCCC(=O)NN. The van der Waals surface area contributed by atoms with Gasteiger partial charge in [0.05, 0.1) is 13.7 Å². The first-order valence-corrected chi connectivity index (χ1v) is 5.03. The number of carbonyl (C=O) groups is 1. The van der Waals surface area contributed by atoms with E-state index in [4.69, 9.17) is 15.3 Å². The van der Waals surface area contributed by atoms with Gasteiger partial charge in [0.1, 0.15) is 0 Å². The number of nitrogens with one attached hydrogen (secondary N) is 1. The molecule has 0 aliphatic rings. The molecule has 0 fully saturated rings. The van der Waals surface area contributed by atoms with Crippen LogP contribution in [0, 0.1) is 0 Å². The third-order valence-electron chi connectivity index (χ3n) is 2.04. The zero-order valence-electron chi connectivity index (χ0n) is 9.23. The van der Waals surface area contributed by atoms with Crippen molar-refractivity contribution in [3.8, 4) is 11.5 Å². The summed E-state index contributed by atoms with van der Waals surface area (Å²) < 4.78 is 10.6. The number of para-hydroxylation sites is 2. The normalized spacial score (nSPS) is 9.62. The number of rotatable bonds is 6. The summed E-state index contributed by atoms with van der Waals surface area (Å²) in [5, 5.41) is 0. The number of ether oxygens (including phenoxy) is 2. The molecule has 0 saturated carbocycles. The highest BCUT2D eigenvalue weighted by Gasteiger charge is 2.03. The zero-order chi connectivity index (χ0) is 11.8. The molecule has 0 aliphatic carbocycles. The molecule has 5 nitrogen and oxygen atoms in total. The maximum Gasteiger partial charge on any atom is 0.234 e. The fraction of sp³-hybridized carbons (Fsp3) is 0.364. The van der Waals surface area contributed by atoms with Crippen LogP contribution in [0.25, 0.3) is 0 Å². The van der Waals surface area contributed by atoms with E-state index in [-0.39, 0.29) is 5.91 Å². The van der Waals surface area contributed by atoms with Crippen LogP contribution in [0.2, 0.25) is 0 Å². The summed E-state index contributed by atoms with van der Waals surface area (Å²) in [7, 11) is 1.59. The molecule has 1 aromatic rings. The molecule has 0 saturated heterocycles. The van der Waals surface area contributed by atoms with Gasteiger partial charge in [-0.25, -0.2) is 5.84 Å². The average molecular weight is 224 g/mol. The van der Waals surface area contributed by atoms with Gasteiger partial charge in [-0.2, -0.15) is 0 Å². The van der Waals surface area contributed by atoms with Gasteiger partial charge in [0.2, 0.25) is 5.91 Å². The van der Waals surface area contributed by atoms with Crippen molar-refractivity contribution >= 4 is 5.91 Å². The summed E-state index contributed by atoms with van der Waals surface area (Å²) in [5.41, 5.74) is 2.07. The number of hydrogen-bond donors (Lipinski definition) is 2. The van der Waals surface area contributed by atoms with Gasteiger partial charge in [0.15, 0.2) is 11.5 Å². The fourth-order valence-corrected chi connectivity index (χ4v) is 1.23. The summed E-state index contributed by atoms with van der Waals surface area (Å²) in [6.07, 6.45) is 0.965. The molecular weight excluding hydrogens is 208 g/mol. The summed E-state index contributed by atoms with van der Waals surface area (Å²) >= 11 is 0. The van der Waals surface area contributed by atoms with Crippen molar-refractivity contribution < 1.29 is 14.3 Å². The highest BCUT2D eigenvalue weighted by molar-refractivity contribution is 5.75. The second-order valence-electron chi connectivity index (χ2n) is 3.17. The first-order chi connectivity index (χ1) is 7.77. The Balaban J connectivity index is 2.34. The largest absolute Gasteiger partial charge is 0.493 e. The number of hydrogen-bond acceptors (Lipinski definition) is 4. The predicted molar refractivity (Wildman–Crippen MR) is 60.1 cm³/mol. The Bertz CT molecular complexity index is 342. The summed E-state index contributed by atoms with van der Waals surface area (Å²) in [6, 6.07) is 7.38. The quantitative estimate of drug-likeness (QED) is 0.325. The Morgan fingerprint density at radius 2 is 2.06 bits per heavy atom. The van der Waals surface area contributed by atoms with Gasteiger partial charge in [-0.15, -0.1) is 0 Å². The standard InChI is InChI=1S/C11H16N2O3/c1-15-9-5-2-3-6-10(9)16-8-4-7-11(14)13-12/h2-3,5-6H,4,7-8,12H2,1H3,(H,13,14). The van der Waals surface area contributed by atoms with E-state index >= 15 is 0 Å². The second kappa shape index (κ2) is 6.68. The molecule has 0 aliphatic heterocycles. The Labute approximate surface area is 94.5 Å². The number of carbonyl (C=O) groups excluding carboxylic acids is 1. The molecule has 0 radical (unpaired) electrons. The van der Waals surface area contributed by atoms with Crippen LogP contribution in [0.15, 0.2) is 24.3 Å². The minimum absolute atomic E-state index is 0.191. The zero-order valence-corrected chi connectivity index (χ0v) is 9.23. The fourth-order valence-electron chi connectivity index (χ4n) is 1.23. The Kier molecular flexibility index (Phi) is 5.15. The predicted octanol–water partition coefficient (Wildman–Crippen LogP) is 0.844. The van der Waals surface area contributed by atoms with Crippen LogP contribution < -0.4 is 20.7 Å². The number of methoxy groups -OCH3 is 1. The molecule has 0 bridgehead atoms. The molecule has 16 heavy (non-hydrogen) atoms. The summed E-state index contributed by atoms with van der Waals surface area (Å²) in [5.74, 6) is 6.12. The lowest BCUT2D eigenvalue weighted by Crippen LogP contribution is -2.29. The molecule has 3 N–H and O–H groups in total. The molecule has 0 spiro atoms. The van der Waals surface area contributed by atoms with E-state index < -0.39 is 0 Å². The lowest BCUT2D eigenvalue weighted by molar-refractivity contribution is -0.121. The van der Waals surface area contributed by atoms with E-state index in [2.05, 4.69) is 5.43 Å². The number of nitrogens with two attached hydrogens (primary N) is 1. The topological polar surface area (TPSA) is 73.6 Å².